The average molecular weight is 553 g/mol. The van der Waals surface area contributed by atoms with Crippen LogP contribution in [0.4, 0.5) is 29.3 Å². The van der Waals surface area contributed by atoms with Gasteiger partial charge in [-0.1, -0.05) is 29.8 Å². The Morgan fingerprint density at radius 2 is 1.62 bits per heavy atom. The van der Waals surface area contributed by atoms with Crippen LogP contribution in [0.3, 0.4) is 0 Å². The first-order valence-corrected chi connectivity index (χ1v) is 11.8. The minimum Gasteiger partial charge on any atom is -0.439 e. The lowest BCUT2D eigenvalue weighted by Crippen LogP contribution is -2.21. The third kappa shape index (κ3) is 7.91. The third-order valence-electron chi connectivity index (χ3n) is 5.34. The standard InChI is InChI=1S/C27H20ClF3N6O2/c28-24-12-25(35-16-34-24)39-22-9-7-20(8-10-22)36-26(38)37-21-6-5-19(23(11-21)27(29,30)31)15-33-14-18-3-1-17(13-32)2-4-18/h1-12,16,33H,14-15H2,(H2,36,37,38). The van der Waals surface area contributed by atoms with Gasteiger partial charge in [0.25, 0.3) is 0 Å². The lowest BCUT2D eigenvalue weighted by Gasteiger charge is -2.16. The van der Waals surface area contributed by atoms with E-state index in [4.69, 9.17) is 21.6 Å². The summed E-state index contributed by atoms with van der Waals surface area (Å²) in [4.78, 5) is 20.1. The molecular weight excluding hydrogens is 533 g/mol. The molecule has 2 amide bonds. The van der Waals surface area contributed by atoms with Crippen LogP contribution in [0.15, 0.2) is 79.1 Å². The molecule has 198 valence electrons. The highest BCUT2D eigenvalue weighted by atomic mass is 35.5. The van der Waals surface area contributed by atoms with Crippen molar-refractivity contribution >= 4 is 29.0 Å². The maximum Gasteiger partial charge on any atom is 0.416 e. The summed E-state index contributed by atoms with van der Waals surface area (Å²) in [7, 11) is 0. The summed E-state index contributed by atoms with van der Waals surface area (Å²) >= 11 is 5.80. The van der Waals surface area contributed by atoms with Gasteiger partial charge in [0.2, 0.25) is 5.88 Å². The van der Waals surface area contributed by atoms with Gasteiger partial charge in [0.1, 0.15) is 17.2 Å². The molecule has 3 N–H and O–H groups in total. The number of rotatable bonds is 8. The number of halogens is 4. The Bertz CT molecular complexity index is 1490. The summed E-state index contributed by atoms with van der Waals surface area (Å²) in [5, 5.41) is 17.0. The van der Waals surface area contributed by atoms with Crippen LogP contribution in [0.2, 0.25) is 5.15 Å². The molecule has 3 aromatic carbocycles. The summed E-state index contributed by atoms with van der Waals surface area (Å²) in [6, 6.07) is 19.4. The van der Waals surface area contributed by atoms with Crippen molar-refractivity contribution in [3.63, 3.8) is 0 Å². The molecule has 39 heavy (non-hydrogen) atoms. The number of nitrogens with zero attached hydrogens (tertiary/aromatic N) is 3. The number of carbonyl (C=O) groups excluding carboxylic acids is 1. The Balaban J connectivity index is 1.35. The number of ether oxygens (including phenoxy) is 1. The number of anilines is 2. The number of hydrogen-bond donors (Lipinski definition) is 3. The first-order valence-electron chi connectivity index (χ1n) is 11.4. The number of aromatic nitrogens is 2. The largest absolute Gasteiger partial charge is 0.439 e. The Morgan fingerprint density at radius 3 is 2.28 bits per heavy atom. The van der Waals surface area contributed by atoms with Crippen LogP contribution in [-0.4, -0.2) is 16.0 Å². The van der Waals surface area contributed by atoms with Crippen LogP contribution >= 0.6 is 11.6 Å². The zero-order chi connectivity index (χ0) is 27.8. The van der Waals surface area contributed by atoms with E-state index in [1.165, 1.54) is 24.5 Å². The molecule has 8 nitrogen and oxygen atoms in total. The molecule has 12 heteroatoms. The van der Waals surface area contributed by atoms with E-state index in [2.05, 4.69) is 25.9 Å². The minimum atomic E-state index is -4.62. The molecule has 0 spiro atoms. The Labute approximate surface area is 226 Å². The normalized spacial score (nSPS) is 10.9. The fourth-order valence-corrected chi connectivity index (χ4v) is 3.64. The molecule has 0 saturated heterocycles. The lowest BCUT2D eigenvalue weighted by molar-refractivity contribution is -0.138. The van der Waals surface area contributed by atoms with Gasteiger partial charge in [0.05, 0.1) is 17.2 Å². The van der Waals surface area contributed by atoms with Gasteiger partial charge < -0.3 is 20.7 Å². The molecule has 0 saturated carbocycles. The summed E-state index contributed by atoms with van der Waals surface area (Å²) in [5.74, 6) is 0.663. The van der Waals surface area contributed by atoms with Gasteiger partial charge in [0, 0.05) is 30.5 Å². The highest BCUT2D eigenvalue weighted by Gasteiger charge is 2.33. The maximum atomic E-state index is 13.7. The summed E-state index contributed by atoms with van der Waals surface area (Å²) in [6.45, 7) is 0.277. The summed E-state index contributed by atoms with van der Waals surface area (Å²) < 4.78 is 46.8. The van der Waals surface area contributed by atoms with Crippen LogP contribution in [0.5, 0.6) is 11.6 Å². The number of carbonyl (C=O) groups is 1. The molecule has 0 unspecified atom stereocenters. The third-order valence-corrected chi connectivity index (χ3v) is 5.55. The molecule has 4 aromatic rings. The number of alkyl halides is 3. The van der Waals surface area contributed by atoms with E-state index < -0.39 is 17.8 Å². The SMILES string of the molecule is N#Cc1ccc(CNCc2ccc(NC(=O)Nc3ccc(Oc4cc(Cl)ncn4)cc3)cc2C(F)(F)F)cc1. The highest BCUT2D eigenvalue weighted by molar-refractivity contribution is 6.29. The number of urea groups is 1. The van der Waals surface area contributed by atoms with Crippen LogP contribution in [0.1, 0.15) is 22.3 Å². The molecule has 0 aliphatic carbocycles. The Hall–Kier alpha value is -4.66. The fraction of sp³-hybridized carbons (Fsp3) is 0.111. The molecule has 0 radical (unpaired) electrons. The molecule has 0 aliphatic heterocycles. The zero-order valence-corrected chi connectivity index (χ0v) is 20.8. The van der Waals surface area contributed by atoms with Crippen molar-refractivity contribution in [2.24, 2.45) is 0 Å². The highest BCUT2D eigenvalue weighted by Crippen LogP contribution is 2.34. The van der Waals surface area contributed by atoms with Gasteiger partial charge in [-0.3, -0.25) is 0 Å². The molecule has 0 bridgehead atoms. The first kappa shape index (κ1) is 27.4. The second-order valence-electron chi connectivity index (χ2n) is 8.17. The van der Waals surface area contributed by atoms with E-state index >= 15 is 0 Å². The van der Waals surface area contributed by atoms with Crippen molar-refractivity contribution in [1.29, 1.82) is 5.26 Å². The average Bonchev–Trinajstić information content (AvgIpc) is 2.90. The van der Waals surface area contributed by atoms with Gasteiger partial charge in [0.15, 0.2) is 0 Å². The van der Waals surface area contributed by atoms with Crippen LogP contribution in [-0.2, 0) is 19.3 Å². The second kappa shape index (κ2) is 12.3. The predicted octanol–water partition coefficient (Wildman–Crippen LogP) is 6.75. The monoisotopic (exact) mass is 552 g/mol. The minimum absolute atomic E-state index is 0.0174. The molecule has 0 atom stereocenters. The summed E-state index contributed by atoms with van der Waals surface area (Å²) in [6.07, 6.45) is -3.37. The van der Waals surface area contributed by atoms with E-state index in [9.17, 15) is 18.0 Å². The molecular formula is C27H20ClF3N6O2. The van der Waals surface area contributed by atoms with E-state index in [0.717, 1.165) is 11.6 Å². The van der Waals surface area contributed by atoms with Gasteiger partial charge in [-0.25, -0.2) is 14.8 Å². The van der Waals surface area contributed by atoms with E-state index in [1.807, 2.05) is 6.07 Å². The van der Waals surface area contributed by atoms with Crippen molar-refractivity contribution in [3.8, 4) is 17.7 Å². The smallest absolute Gasteiger partial charge is 0.416 e. The van der Waals surface area contributed by atoms with Crippen molar-refractivity contribution in [2.75, 3.05) is 10.6 Å². The number of nitrogens with one attached hydrogen (secondary N) is 3. The topological polar surface area (TPSA) is 112 Å². The zero-order valence-electron chi connectivity index (χ0n) is 20.1. The number of hydrogen-bond acceptors (Lipinski definition) is 6. The quantitative estimate of drug-likeness (QED) is 0.209. The van der Waals surface area contributed by atoms with E-state index in [0.29, 0.717) is 23.5 Å². The van der Waals surface area contributed by atoms with E-state index in [-0.39, 0.29) is 28.8 Å². The van der Waals surface area contributed by atoms with Crippen LogP contribution < -0.4 is 20.7 Å². The molecule has 4 rings (SSSR count). The van der Waals surface area contributed by atoms with Crippen molar-refractivity contribution < 1.29 is 22.7 Å². The molecule has 0 aliphatic rings. The van der Waals surface area contributed by atoms with Crippen LogP contribution in [0.25, 0.3) is 0 Å². The molecule has 1 aromatic heterocycles. The van der Waals surface area contributed by atoms with Gasteiger partial charge >= 0.3 is 12.2 Å². The van der Waals surface area contributed by atoms with Crippen LogP contribution in [0, 0.1) is 11.3 Å². The Kier molecular flexibility index (Phi) is 8.60. The summed E-state index contributed by atoms with van der Waals surface area (Å²) in [5.41, 5.74) is 0.870. The first-order chi connectivity index (χ1) is 18.7. The molecule has 0 fully saturated rings. The van der Waals surface area contributed by atoms with Crippen molar-refractivity contribution in [2.45, 2.75) is 19.3 Å². The molecule has 1 heterocycles. The van der Waals surface area contributed by atoms with Gasteiger partial charge in [-0.05, 0) is 59.7 Å². The van der Waals surface area contributed by atoms with Crippen molar-refractivity contribution in [1.82, 2.24) is 15.3 Å². The fourth-order valence-electron chi connectivity index (χ4n) is 3.50. The van der Waals surface area contributed by atoms with Crippen molar-refractivity contribution in [3.05, 3.63) is 107 Å². The second-order valence-corrected chi connectivity index (χ2v) is 8.55. The number of benzene rings is 3. The van der Waals surface area contributed by atoms with Gasteiger partial charge in [-0.2, -0.15) is 18.4 Å². The maximum absolute atomic E-state index is 13.7. The van der Waals surface area contributed by atoms with Gasteiger partial charge in [-0.15, -0.1) is 0 Å². The van der Waals surface area contributed by atoms with E-state index in [1.54, 1.807) is 48.5 Å². The number of amides is 2. The predicted molar refractivity (Wildman–Crippen MR) is 139 cm³/mol. The Morgan fingerprint density at radius 1 is 0.923 bits per heavy atom. The number of nitriles is 1. The lowest BCUT2D eigenvalue weighted by atomic mass is 10.1.